The van der Waals surface area contributed by atoms with Gasteiger partial charge in [0, 0.05) is 12.1 Å². The fourth-order valence-electron chi connectivity index (χ4n) is 1.61. The summed E-state index contributed by atoms with van der Waals surface area (Å²) in [5.41, 5.74) is 7.46. The third-order valence-corrected chi connectivity index (χ3v) is 2.54. The third kappa shape index (κ3) is 2.74. The van der Waals surface area contributed by atoms with Gasteiger partial charge in [0.05, 0.1) is 5.69 Å². The van der Waals surface area contributed by atoms with E-state index in [2.05, 4.69) is 4.74 Å². The summed E-state index contributed by atoms with van der Waals surface area (Å²) < 4.78 is 30.7. The van der Waals surface area contributed by atoms with Crippen molar-refractivity contribution in [3.05, 3.63) is 42.7 Å². The summed E-state index contributed by atoms with van der Waals surface area (Å²) in [4.78, 5) is 0. The van der Waals surface area contributed by atoms with E-state index in [9.17, 15) is 8.78 Å². The van der Waals surface area contributed by atoms with Crippen LogP contribution < -0.4 is 15.0 Å². The predicted molar refractivity (Wildman–Crippen MR) is 64.1 cm³/mol. The van der Waals surface area contributed by atoms with Gasteiger partial charge >= 0.3 is 6.61 Å². The van der Waals surface area contributed by atoms with Crippen LogP contribution in [0.15, 0.2) is 42.7 Å². The highest BCUT2D eigenvalue weighted by atomic mass is 19.3. The Bertz CT molecular complexity index is 541. The average molecular weight is 251 g/mol. The molecule has 2 N–H and O–H groups in total. The number of hydrogen-bond acceptors (Lipinski definition) is 2. The highest BCUT2D eigenvalue weighted by Gasteiger charge is 2.10. The second kappa shape index (κ2) is 5.00. The van der Waals surface area contributed by atoms with Crippen LogP contribution in [0.2, 0.25) is 0 Å². The molecule has 0 aliphatic heterocycles. The monoisotopic (exact) mass is 251 g/mol. The van der Waals surface area contributed by atoms with Gasteiger partial charge in [-0.15, -0.1) is 0 Å². The Kier molecular flexibility index (Phi) is 3.41. The highest BCUT2D eigenvalue weighted by molar-refractivity contribution is 5.69. The van der Waals surface area contributed by atoms with E-state index >= 15 is 0 Å². The fourth-order valence-corrected chi connectivity index (χ4v) is 1.61. The molecule has 0 saturated carbocycles. The Morgan fingerprint density at radius 3 is 2.39 bits per heavy atom. The summed E-state index contributed by atoms with van der Waals surface area (Å²) >= 11 is 0. The van der Waals surface area contributed by atoms with Crippen LogP contribution in [0.5, 0.6) is 5.75 Å². The first-order valence-electron chi connectivity index (χ1n) is 5.36. The first kappa shape index (κ1) is 12.3. The van der Waals surface area contributed by atoms with Gasteiger partial charge in [-0.3, -0.25) is 0 Å². The molecule has 0 bridgehead atoms. The van der Waals surface area contributed by atoms with Crippen LogP contribution in [0.1, 0.15) is 0 Å². The maximum Gasteiger partial charge on any atom is 0.387 e. The molecule has 1 aromatic carbocycles. The maximum atomic E-state index is 12.2. The fraction of sp³-hybridized carbons (Fsp3) is 0.154. The molecule has 0 fully saturated rings. The number of aryl methyl sites for hydroxylation is 1. The number of aromatic nitrogens is 1. The van der Waals surface area contributed by atoms with Crippen LogP contribution in [0.4, 0.5) is 14.5 Å². The zero-order valence-corrected chi connectivity index (χ0v) is 9.81. The molecule has 0 unspecified atom stereocenters. The summed E-state index contributed by atoms with van der Waals surface area (Å²) in [5, 5.41) is 0. The minimum absolute atomic E-state index is 0.00396. The van der Waals surface area contributed by atoms with E-state index in [1.807, 2.05) is 36.1 Å². The van der Waals surface area contributed by atoms with E-state index < -0.39 is 6.61 Å². The molecule has 3 nitrogen and oxygen atoms in total. The molecule has 2 aromatic rings. The number of nitrogens with zero attached hydrogens (tertiary/aromatic N) is 1. The number of pyridine rings is 1. The van der Waals surface area contributed by atoms with Gasteiger partial charge in [0.2, 0.25) is 0 Å². The minimum Gasteiger partial charge on any atom is -0.433 e. The van der Waals surface area contributed by atoms with Gasteiger partial charge in [0.15, 0.2) is 12.4 Å². The van der Waals surface area contributed by atoms with Crippen molar-refractivity contribution in [3.8, 4) is 16.9 Å². The van der Waals surface area contributed by atoms with E-state index in [1.165, 1.54) is 6.07 Å². The molecule has 0 aliphatic rings. The Morgan fingerprint density at radius 2 is 1.78 bits per heavy atom. The summed E-state index contributed by atoms with van der Waals surface area (Å²) in [6.07, 6.45) is 3.75. The largest absolute Gasteiger partial charge is 0.433 e. The van der Waals surface area contributed by atoms with E-state index in [0.29, 0.717) is 0 Å². The first-order chi connectivity index (χ1) is 8.56. The zero-order chi connectivity index (χ0) is 13.1. The smallest absolute Gasteiger partial charge is 0.387 e. The molecular weight excluding hydrogens is 238 g/mol. The van der Waals surface area contributed by atoms with E-state index in [1.54, 1.807) is 12.1 Å². The molecular formula is C13H13F2N2O+. The number of nitrogen functional groups attached to an aromatic ring is 1. The SMILES string of the molecule is C[n+]1ccc(-c2ccc(N)c(OC(F)F)c2)cc1. The lowest BCUT2D eigenvalue weighted by molar-refractivity contribution is -0.671. The lowest BCUT2D eigenvalue weighted by Crippen LogP contribution is -2.25. The Morgan fingerprint density at radius 1 is 1.11 bits per heavy atom. The molecule has 94 valence electrons. The second-order valence-corrected chi connectivity index (χ2v) is 3.88. The number of ether oxygens (including phenoxy) is 1. The molecule has 1 heterocycles. The van der Waals surface area contributed by atoms with Gasteiger partial charge in [0.25, 0.3) is 0 Å². The van der Waals surface area contributed by atoms with Crippen molar-refractivity contribution < 1.29 is 18.1 Å². The summed E-state index contributed by atoms with van der Waals surface area (Å²) in [6, 6.07) is 8.61. The number of hydrogen-bond donors (Lipinski definition) is 1. The average Bonchev–Trinajstić information content (AvgIpc) is 2.32. The van der Waals surface area contributed by atoms with E-state index in [-0.39, 0.29) is 11.4 Å². The predicted octanol–water partition coefficient (Wildman–Crippen LogP) is 2.36. The van der Waals surface area contributed by atoms with Gasteiger partial charge in [-0.25, -0.2) is 4.57 Å². The van der Waals surface area contributed by atoms with Crippen molar-refractivity contribution in [1.29, 1.82) is 0 Å². The summed E-state index contributed by atoms with van der Waals surface area (Å²) in [7, 11) is 1.90. The first-order valence-corrected chi connectivity index (χ1v) is 5.36. The molecule has 2 rings (SSSR count). The molecule has 1 aromatic heterocycles. The number of halogens is 2. The van der Waals surface area contributed by atoms with Crippen molar-refractivity contribution in [3.63, 3.8) is 0 Å². The van der Waals surface area contributed by atoms with Gasteiger partial charge in [-0.1, -0.05) is 6.07 Å². The number of alkyl halides is 2. The van der Waals surface area contributed by atoms with Crippen molar-refractivity contribution >= 4 is 5.69 Å². The standard InChI is InChI=1S/C13H12F2N2O/c1-17-6-4-9(5-7-17)10-2-3-11(16)12(8-10)18-13(14)15/h2-8,13,16H,1H3/p+1. The van der Waals surface area contributed by atoms with Crippen LogP contribution in [0.25, 0.3) is 11.1 Å². The van der Waals surface area contributed by atoms with Crippen LogP contribution in [-0.2, 0) is 7.05 Å². The molecule has 18 heavy (non-hydrogen) atoms. The Labute approximate surface area is 103 Å². The van der Waals surface area contributed by atoms with Crippen molar-refractivity contribution in [1.82, 2.24) is 0 Å². The van der Waals surface area contributed by atoms with Crippen molar-refractivity contribution in [2.75, 3.05) is 5.73 Å². The molecule has 0 aliphatic carbocycles. The summed E-state index contributed by atoms with van der Waals surface area (Å²) in [6.45, 7) is -2.88. The molecule has 0 radical (unpaired) electrons. The summed E-state index contributed by atoms with van der Waals surface area (Å²) in [5.74, 6) is -0.00396. The van der Waals surface area contributed by atoms with Gasteiger partial charge in [0.1, 0.15) is 12.8 Å². The Balaban J connectivity index is 2.37. The molecule has 0 spiro atoms. The molecule has 0 amide bonds. The molecule has 0 atom stereocenters. The van der Waals surface area contributed by atoms with Gasteiger partial charge < -0.3 is 10.5 Å². The number of rotatable bonds is 3. The maximum absolute atomic E-state index is 12.2. The number of benzene rings is 1. The zero-order valence-electron chi connectivity index (χ0n) is 9.81. The van der Waals surface area contributed by atoms with Crippen molar-refractivity contribution in [2.45, 2.75) is 6.61 Å². The van der Waals surface area contributed by atoms with Crippen LogP contribution in [0, 0.1) is 0 Å². The van der Waals surface area contributed by atoms with Crippen LogP contribution in [0.3, 0.4) is 0 Å². The van der Waals surface area contributed by atoms with Gasteiger partial charge in [-0.2, -0.15) is 8.78 Å². The van der Waals surface area contributed by atoms with E-state index in [4.69, 9.17) is 5.73 Å². The van der Waals surface area contributed by atoms with Crippen LogP contribution >= 0.6 is 0 Å². The topological polar surface area (TPSA) is 39.1 Å². The quantitative estimate of drug-likeness (QED) is 0.672. The Hall–Kier alpha value is -2.17. The van der Waals surface area contributed by atoms with Gasteiger partial charge in [-0.05, 0) is 23.3 Å². The normalized spacial score (nSPS) is 10.7. The minimum atomic E-state index is -2.88. The highest BCUT2D eigenvalue weighted by Crippen LogP contribution is 2.29. The van der Waals surface area contributed by atoms with Crippen LogP contribution in [-0.4, -0.2) is 6.61 Å². The number of anilines is 1. The van der Waals surface area contributed by atoms with Crippen molar-refractivity contribution in [2.24, 2.45) is 7.05 Å². The third-order valence-electron chi connectivity index (χ3n) is 2.54. The molecule has 5 heteroatoms. The lowest BCUT2D eigenvalue weighted by atomic mass is 10.1. The lowest BCUT2D eigenvalue weighted by Gasteiger charge is -2.09. The molecule has 0 saturated heterocycles. The van der Waals surface area contributed by atoms with E-state index in [0.717, 1.165) is 11.1 Å². The second-order valence-electron chi connectivity index (χ2n) is 3.88. The number of nitrogens with two attached hydrogens (primary N) is 1.